The van der Waals surface area contributed by atoms with Crippen LogP contribution in [0.25, 0.3) is 10.9 Å². The molecule has 0 aliphatic heterocycles. The minimum Gasteiger partial charge on any atom is -0.493 e. The van der Waals surface area contributed by atoms with Crippen LogP contribution in [0.1, 0.15) is 6.42 Å². The molecule has 1 aromatic carbocycles. The van der Waals surface area contributed by atoms with Crippen LogP contribution in [-0.4, -0.2) is 43.8 Å². The summed E-state index contributed by atoms with van der Waals surface area (Å²) in [6.07, 6.45) is 0.220. The van der Waals surface area contributed by atoms with Crippen molar-refractivity contribution in [2.24, 2.45) is 0 Å². The smallest absolute Gasteiger partial charge is 0.240 e. The molecule has 2 rings (SSSR count). The Morgan fingerprint density at radius 1 is 1.17 bits per heavy atom. The SMILES string of the molecule is COCCC(=O)NNc1nc(Cl)nc2cc(OC)c(OC)cc12. The third kappa shape index (κ3) is 4.11. The van der Waals surface area contributed by atoms with Crippen LogP contribution in [0.3, 0.4) is 0 Å². The minimum absolute atomic E-state index is 0.0401. The second-order valence-electron chi connectivity index (χ2n) is 4.48. The molecule has 0 saturated heterocycles. The molecule has 124 valence electrons. The van der Waals surface area contributed by atoms with E-state index < -0.39 is 0 Å². The lowest BCUT2D eigenvalue weighted by Gasteiger charge is -2.13. The number of benzene rings is 1. The van der Waals surface area contributed by atoms with Gasteiger partial charge in [0, 0.05) is 18.6 Å². The van der Waals surface area contributed by atoms with Crippen molar-refractivity contribution in [3.63, 3.8) is 0 Å². The topological polar surface area (TPSA) is 94.6 Å². The zero-order chi connectivity index (χ0) is 16.8. The molecule has 9 heteroatoms. The third-order valence-electron chi connectivity index (χ3n) is 3.03. The summed E-state index contributed by atoms with van der Waals surface area (Å²) in [5, 5.41) is 0.664. The summed E-state index contributed by atoms with van der Waals surface area (Å²) in [7, 11) is 4.58. The molecule has 0 aliphatic rings. The first kappa shape index (κ1) is 17.0. The van der Waals surface area contributed by atoms with Crippen LogP contribution < -0.4 is 20.3 Å². The van der Waals surface area contributed by atoms with Crippen LogP contribution in [0, 0.1) is 0 Å². The number of carbonyl (C=O) groups is 1. The van der Waals surface area contributed by atoms with Crippen molar-refractivity contribution < 1.29 is 19.0 Å². The van der Waals surface area contributed by atoms with E-state index in [1.54, 1.807) is 12.1 Å². The quantitative estimate of drug-likeness (QED) is 0.586. The van der Waals surface area contributed by atoms with Crippen molar-refractivity contribution in [1.82, 2.24) is 15.4 Å². The van der Waals surface area contributed by atoms with E-state index in [1.807, 2.05) is 0 Å². The molecule has 0 fully saturated rings. The Balaban J connectivity index is 2.33. The predicted octanol–water partition coefficient (Wildman–Crippen LogP) is 1.78. The number of ether oxygens (including phenoxy) is 3. The molecule has 8 nitrogen and oxygen atoms in total. The highest BCUT2D eigenvalue weighted by Gasteiger charge is 2.13. The third-order valence-corrected chi connectivity index (χ3v) is 3.20. The summed E-state index contributed by atoms with van der Waals surface area (Å²) < 4.78 is 15.3. The van der Waals surface area contributed by atoms with Gasteiger partial charge < -0.3 is 14.2 Å². The minimum atomic E-state index is -0.241. The van der Waals surface area contributed by atoms with Crippen LogP contribution in [0.5, 0.6) is 11.5 Å². The Morgan fingerprint density at radius 3 is 2.52 bits per heavy atom. The normalized spacial score (nSPS) is 10.4. The Kier molecular flexibility index (Phi) is 5.78. The number of nitrogens with zero attached hydrogens (tertiary/aromatic N) is 2. The number of amides is 1. The standard InChI is InChI=1S/C14H17ClN4O4/c1-21-5-4-12(20)18-19-13-8-6-10(22-2)11(23-3)7-9(8)16-14(15)17-13/h6-7H,4-5H2,1-3H3,(H,18,20)(H,16,17,19). The van der Waals surface area contributed by atoms with Gasteiger partial charge in [-0.15, -0.1) is 0 Å². The summed E-state index contributed by atoms with van der Waals surface area (Å²) in [6.45, 7) is 0.323. The molecule has 0 aliphatic carbocycles. The largest absolute Gasteiger partial charge is 0.493 e. The Hall–Kier alpha value is -2.32. The maximum Gasteiger partial charge on any atom is 0.240 e. The lowest BCUT2D eigenvalue weighted by atomic mass is 10.2. The van der Waals surface area contributed by atoms with E-state index in [2.05, 4.69) is 20.8 Å². The van der Waals surface area contributed by atoms with Crippen molar-refractivity contribution in [1.29, 1.82) is 0 Å². The molecule has 23 heavy (non-hydrogen) atoms. The number of nitrogens with one attached hydrogen (secondary N) is 2. The summed E-state index contributed by atoms with van der Waals surface area (Å²) in [4.78, 5) is 19.9. The monoisotopic (exact) mass is 340 g/mol. The van der Waals surface area contributed by atoms with Gasteiger partial charge >= 0.3 is 0 Å². The maximum atomic E-state index is 11.6. The van der Waals surface area contributed by atoms with Gasteiger partial charge in [0.2, 0.25) is 11.2 Å². The van der Waals surface area contributed by atoms with Crippen LogP contribution in [0.4, 0.5) is 5.82 Å². The summed E-state index contributed by atoms with van der Waals surface area (Å²) in [5.41, 5.74) is 5.82. The Bertz CT molecular complexity index is 711. The van der Waals surface area contributed by atoms with Crippen molar-refractivity contribution in [2.45, 2.75) is 6.42 Å². The Labute approximate surface area is 138 Å². The molecule has 1 heterocycles. The maximum absolute atomic E-state index is 11.6. The first-order chi connectivity index (χ1) is 11.1. The molecule has 0 saturated carbocycles. The number of halogens is 1. The molecule has 0 bridgehead atoms. The van der Waals surface area contributed by atoms with E-state index in [4.69, 9.17) is 25.8 Å². The van der Waals surface area contributed by atoms with Crippen LogP contribution in [-0.2, 0) is 9.53 Å². The lowest BCUT2D eigenvalue weighted by molar-refractivity contribution is -0.121. The first-order valence-corrected chi connectivity index (χ1v) is 7.10. The number of aromatic nitrogens is 2. The van der Waals surface area contributed by atoms with Gasteiger partial charge in [0.05, 0.1) is 32.8 Å². The van der Waals surface area contributed by atoms with Gasteiger partial charge in [0.15, 0.2) is 17.3 Å². The average molecular weight is 341 g/mol. The van der Waals surface area contributed by atoms with Crippen LogP contribution >= 0.6 is 11.6 Å². The molecule has 1 amide bonds. The van der Waals surface area contributed by atoms with Gasteiger partial charge in [-0.25, -0.2) is 4.98 Å². The van der Waals surface area contributed by atoms with Crippen molar-refractivity contribution in [3.8, 4) is 11.5 Å². The highest BCUT2D eigenvalue weighted by atomic mass is 35.5. The van der Waals surface area contributed by atoms with Gasteiger partial charge in [-0.05, 0) is 17.7 Å². The van der Waals surface area contributed by atoms with Gasteiger partial charge in [-0.1, -0.05) is 0 Å². The second-order valence-corrected chi connectivity index (χ2v) is 4.82. The fraction of sp³-hybridized carbons (Fsp3) is 0.357. The number of hydrazine groups is 1. The molecule has 1 aromatic heterocycles. The number of carbonyl (C=O) groups excluding carboxylic acids is 1. The number of hydrogen-bond donors (Lipinski definition) is 2. The summed E-state index contributed by atoms with van der Waals surface area (Å²) >= 11 is 5.92. The molecule has 2 N–H and O–H groups in total. The van der Waals surface area contributed by atoms with Gasteiger partial charge in [0.25, 0.3) is 0 Å². The van der Waals surface area contributed by atoms with Crippen molar-refractivity contribution >= 4 is 34.2 Å². The predicted molar refractivity (Wildman–Crippen MR) is 85.9 cm³/mol. The average Bonchev–Trinajstić information content (AvgIpc) is 2.56. The zero-order valence-electron chi connectivity index (χ0n) is 13.0. The van der Waals surface area contributed by atoms with Gasteiger partial charge in [0.1, 0.15) is 0 Å². The second kappa shape index (κ2) is 7.80. The zero-order valence-corrected chi connectivity index (χ0v) is 13.7. The van der Waals surface area contributed by atoms with Gasteiger partial charge in [-0.2, -0.15) is 4.98 Å². The van der Waals surface area contributed by atoms with E-state index in [0.29, 0.717) is 34.8 Å². The van der Waals surface area contributed by atoms with Crippen LogP contribution in [0.2, 0.25) is 5.28 Å². The highest BCUT2D eigenvalue weighted by molar-refractivity contribution is 6.28. The van der Waals surface area contributed by atoms with E-state index in [9.17, 15) is 4.79 Å². The molecule has 2 aromatic rings. The number of fused-ring (bicyclic) bond motifs is 1. The Morgan fingerprint density at radius 2 is 1.87 bits per heavy atom. The molecule has 0 atom stereocenters. The molecular weight excluding hydrogens is 324 g/mol. The van der Waals surface area contributed by atoms with Crippen molar-refractivity contribution in [3.05, 3.63) is 17.4 Å². The summed E-state index contributed by atoms with van der Waals surface area (Å²) in [5.74, 6) is 1.14. The fourth-order valence-electron chi connectivity index (χ4n) is 1.91. The highest BCUT2D eigenvalue weighted by Crippen LogP contribution is 2.34. The van der Waals surface area contributed by atoms with E-state index in [0.717, 1.165) is 0 Å². The number of rotatable bonds is 7. The summed E-state index contributed by atoms with van der Waals surface area (Å²) in [6, 6.07) is 3.38. The first-order valence-electron chi connectivity index (χ1n) is 6.72. The molecule has 0 radical (unpaired) electrons. The van der Waals surface area contributed by atoms with E-state index in [1.165, 1.54) is 21.3 Å². The van der Waals surface area contributed by atoms with E-state index in [-0.39, 0.29) is 17.6 Å². The molecular formula is C14H17ClN4O4. The number of hydrogen-bond acceptors (Lipinski definition) is 7. The van der Waals surface area contributed by atoms with Crippen LogP contribution in [0.15, 0.2) is 12.1 Å². The lowest BCUT2D eigenvalue weighted by Crippen LogP contribution is -2.30. The molecule has 0 spiro atoms. The van der Waals surface area contributed by atoms with Gasteiger partial charge in [-0.3, -0.25) is 15.6 Å². The van der Waals surface area contributed by atoms with Crippen molar-refractivity contribution in [2.75, 3.05) is 33.4 Å². The van der Waals surface area contributed by atoms with E-state index >= 15 is 0 Å². The number of methoxy groups -OCH3 is 3. The molecule has 0 unspecified atom stereocenters. The number of anilines is 1. The fourth-order valence-corrected chi connectivity index (χ4v) is 2.08.